The van der Waals surface area contributed by atoms with Gasteiger partial charge in [-0.15, -0.1) is 0 Å². The van der Waals surface area contributed by atoms with Gasteiger partial charge in [0.2, 0.25) is 0 Å². The zero-order valence-corrected chi connectivity index (χ0v) is 12.2. The van der Waals surface area contributed by atoms with Gasteiger partial charge in [0.1, 0.15) is 18.1 Å². The van der Waals surface area contributed by atoms with Gasteiger partial charge in [0.15, 0.2) is 0 Å². The summed E-state index contributed by atoms with van der Waals surface area (Å²) in [4.78, 5) is 11.9. The molecular weight excluding hydrogens is 280 g/mol. The number of ether oxygens (including phenoxy) is 2. The second-order valence-electron chi connectivity index (χ2n) is 4.47. The van der Waals surface area contributed by atoms with Gasteiger partial charge in [0.05, 0.1) is 25.3 Å². The summed E-state index contributed by atoms with van der Waals surface area (Å²) in [7, 11) is 1.60. The van der Waals surface area contributed by atoms with Crippen LogP contribution in [0.4, 0.5) is 0 Å². The molecule has 2 aromatic carbocycles. The predicted octanol–water partition coefficient (Wildman–Crippen LogP) is 2.38. The number of methoxy groups -OCH3 is 1. The average molecular weight is 296 g/mol. The topological polar surface area (TPSA) is 71.3 Å². The average Bonchev–Trinajstić information content (AvgIpc) is 2.59. The first-order valence-electron chi connectivity index (χ1n) is 6.78. The van der Waals surface area contributed by atoms with Crippen molar-refractivity contribution < 1.29 is 14.3 Å². The largest absolute Gasteiger partial charge is 0.497 e. The van der Waals surface area contributed by atoms with Crippen molar-refractivity contribution in [1.82, 2.24) is 5.32 Å². The maximum absolute atomic E-state index is 11.9. The monoisotopic (exact) mass is 296 g/mol. The molecule has 0 fully saturated rings. The quantitative estimate of drug-likeness (QED) is 0.831. The van der Waals surface area contributed by atoms with Crippen LogP contribution in [-0.4, -0.2) is 26.2 Å². The fraction of sp³-hybridized carbons (Fsp3) is 0.176. The summed E-state index contributed by atoms with van der Waals surface area (Å²) in [5.74, 6) is 1.25. The van der Waals surface area contributed by atoms with E-state index in [1.165, 1.54) is 0 Å². The van der Waals surface area contributed by atoms with Gasteiger partial charge in [-0.1, -0.05) is 6.07 Å². The molecule has 0 saturated heterocycles. The van der Waals surface area contributed by atoms with E-state index >= 15 is 0 Å². The number of benzene rings is 2. The van der Waals surface area contributed by atoms with Crippen LogP contribution in [0.3, 0.4) is 0 Å². The van der Waals surface area contributed by atoms with E-state index in [1.807, 2.05) is 6.07 Å². The Morgan fingerprint density at radius 1 is 1.18 bits per heavy atom. The van der Waals surface area contributed by atoms with Crippen molar-refractivity contribution in [2.45, 2.75) is 0 Å². The molecule has 5 heteroatoms. The molecule has 0 bridgehead atoms. The van der Waals surface area contributed by atoms with E-state index in [1.54, 1.807) is 55.6 Å². The number of hydrogen-bond acceptors (Lipinski definition) is 4. The molecule has 112 valence electrons. The number of carbonyl (C=O) groups excluding carboxylic acids is 1. The number of amides is 1. The van der Waals surface area contributed by atoms with Crippen LogP contribution in [0.5, 0.6) is 11.5 Å². The van der Waals surface area contributed by atoms with Crippen LogP contribution in [0.1, 0.15) is 15.9 Å². The molecule has 0 aliphatic heterocycles. The lowest BCUT2D eigenvalue weighted by Gasteiger charge is -2.08. The molecule has 0 aliphatic carbocycles. The molecule has 5 nitrogen and oxygen atoms in total. The Kier molecular flexibility index (Phi) is 5.38. The molecule has 0 saturated carbocycles. The number of nitrogens with zero attached hydrogens (tertiary/aromatic N) is 1. The van der Waals surface area contributed by atoms with E-state index in [4.69, 9.17) is 14.7 Å². The van der Waals surface area contributed by atoms with Crippen molar-refractivity contribution in [3.05, 3.63) is 59.7 Å². The second kappa shape index (κ2) is 7.70. The Morgan fingerprint density at radius 2 is 1.91 bits per heavy atom. The minimum absolute atomic E-state index is 0.226. The van der Waals surface area contributed by atoms with Gasteiger partial charge in [-0.3, -0.25) is 4.79 Å². The third-order valence-electron chi connectivity index (χ3n) is 2.97. The van der Waals surface area contributed by atoms with Gasteiger partial charge >= 0.3 is 0 Å². The Labute approximate surface area is 129 Å². The van der Waals surface area contributed by atoms with E-state index in [2.05, 4.69) is 5.32 Å². The van der Waals surface area contributed by atoms with Gasteiger partial charge in [-0.25, -0.2) is 0 Å². The van der Waals surface area contributed by atoms with Crippen molar-refractivity contribution in [3.8, 4) is 17.6 Å². The first-order chi connectivity index (χ1) is 10.7. The SMILES string of the molecule is COc1ccc(OCCNC(=O)c2cccc(C#N)c2)cc1. The highest BCUT2D eigenvalue weighted by atomic mass is 16.5. The summed E-state index contributed by atoms with van der Waals surface area (Å²) in [5.41, 5.74) is 0.922. The van der Waals surface area contributed by atoms with Gasteiger partial charge in [-0.05, 0) is 42.5 Å². The molecule has 2 rings (SSSR count). The van der Waals surface area contributed by atoms with Gasteiger partial charge in [0.25, 0.3) is 5.91 Å². The van der Waals surface area contributed by atoms with Gasteiger partial charge in [0, 0.05) is 5.56 Å². The van der Waals surface area contributed by atoms with E-state index in [-0.39, 0.29) is 5.91 Å². The molecule has 2 aromatic rings. The molecule has 0 spiro atoms. The molecule has 0 heterocycles. The van der Waals surface area contributed by atoms with Crippen LogP contribution < -0.4 is 14.8 Å². The number of nitriles is 1. The Morgan fingerprint density at radius 3 is 2.59 bits per heavy atom. The lowest BCUT2D eigenvalue weighted by atomic mass is 10.1. The van der Waals surface area contributed by atoms with Crippen LogP contribution in [0.15, 0.2) is 48.5 Å². The molecule has 0 aliphatic rings. The summed E-state index contributed by atoms with van der Waals surface area (Å²) in [6, 6.07) is 15.8. The van der Waals surface area contributed by atoms with Gasteiger partial charge in [-0.2, -0.15) is 5.26 Å². The van der Waals surface area contributed by atoms with Crippen molar-refractivity contribution in [2.24, 2.45) is 0 Å². The van der Waals surface area contributed by atoms with E-state index in [0.717, 1.165) is 5.75 Å². The Balaban J connectivity index is 1.78. The van der Waals surface area contributed by atoms with E-state index in [9.17, 15) is 4.79 Å². The van der Waals surface area contributed by atoms with E-state index < -0.39 is 0 Å². The lowest BCUT2D eigenvalue weighted by Crippen LogP contribution is -2.28. The maximum atomic E-state index is 11.9. The molecule has 0 radical (unpaired) electrons. The Bertz CT molecular complexity index is 675. The number of nitrogens with one attached hydrogen (secondary N) is 1. The number of rotatable bonds is 6. The van der Waals surface area contributed by atoms with Crippen molar-refractivity contribution >= 4 is 5.91 Å². The first kappa shape index (κ1) is 15.4. The molecular formula is C17H16N2O3. The highest BCUT2D eigenvalue weighted by Crippen LogP contribution is 2.16. The van der Waals surface area contributed by atoms with Crippen LogP contribution in [0.2, 0.25) is 0 Å². The minimum atomic E-state index is -0.226. The third-order valence-corrected chi connectivity index (χ3v) is 2.97. The molecule has 0 atom stereocenters. The van der Waals surface area contributed by atoms with Gasteiger partial charge < -0.3 is 14.8 Å². The molecule has 0 aromatic heterocycles. The maximum Gasteiger partial charge on any atom is 0.251 e. The molecule has 1 amide bonds. The highest BCUT2D eigenvalue weighted by Gasteiger charge is 2.05. The summed E-state index contributed by atoms with van der Waals surface area (Å²) < 4.78 is 10.6. The fourth-order valence-corrected chi connectivity index (χ4v) is 1.84. The zero-order valence-electron chi connectivity index (χ0n) is 12.2. The summed E-state index contributed by atoms with van der Waals surface area (Å²) >= 11 is 0. The van der Waals surface area contributed by atoms with Crippen molar-refractivity contribution in [1.29, 1.82) is 5.26 Å². The van der Waals surface area contributed by atoms with Crippen molar-refractivity contribution in [3.63, 3.8) is 0 Å². The lowest BCUT2D eigenvalue weighted by molar-refractivity contribution is 0.0947. The number of hydrogen-bond donors (Lipinski definition) is 1. The van der Waals surface area contributed by atoms with Crippen LogP contribution in [0.25, 0.3) is 0 Å². The summed E-state index contributed by atoms with van der Waals surface area (Å²) in [6.07, 6.45) is 0. The fourth-order valence-electron chi connectivity index (χ4n) is 1.84. The number of carbonyl (C=O) groups is 1. The smallest absolute Gasteiger partial charge is 0.251 e. The molecule has 0 unspecified atom stereocenters. The predicted molar refractivity (Wildman–Crippen MR) is 82.0 cm³/mol. The minimum Gasteiger partial charge on any atom is -0.497 e. The summed E-state index contributed by atoms with van der Waals surface area (Å²) in [5, 5.41) is 11.6. The molecule has 1 N–H and O–H groups in total. The van der Waals surface area contributed by atoms with Crippen molar-refractivity contribution in [2.75, 3.05) is 20.3 Å². The Hall–Kier alpha value is -3.00. The first-order valence-corrected chi connectivity index (χ1v) is 6.78. The third kappa shape index (κ3) is 4.25. The van der Waals surface area contributed by atoms with Crippen LogP contribution in [0, 0.1) is 11.3 Å². The normalized spacial score (nSPS) is 9.64. The zero-order chi connectivity index (χ0) is 15.8. The molecule has 22 heavy (non-hydrogen) atoms. The van der Waals surface area contributed by atoms with E-state index in [0.29, 0.717) is 30.0 Å². The van der Waals surface area contributed by atoms with Crippen LogP contribution >= 0.6 is 0 Å². The standard InChI is InChI=1S/C17H16N2O3/c1-21-15-5-7-16(8-6-15)22-10-9-19-17(20)14-4-2-3-13(11-14)12-18/h2-8,11H,9-10H2,1H3,(H,19,20). The highest BCUT2D eigenvalue weighted by molar-refractivity contribution is 5.94. The van der Waals surface area contributed by atoms with Crippen LogP contribution in [-0.2, 0) is 0 Å². The summed E-state index contributed by atoms with van der Waals surface area (Å²) in [6.45, 7) is 0.734. The second-order valence-corrected chi connectivity index (χ2v) is 4.47.